The minimum atomic E-state index is -3.20. The van der Waals surface area contributed by atoms with Crippen LogP contribution in [0.1, 0.15) is 25.8 Å². The Kier molecular flexibility index (Phi) is 5.41. The first kappa shape index (κ1) is 16.5. The van der Waals surface area contributed by atoms with Gasteiger partial charge < -0.3 is 10.6 Å². The third-order valence-corrected chi connectivity index (χ3v) is 5.85. The molecule has 1 aromatic carbocycles. The van der Waals surface area contributed by atoms with Gasteiger partial charge in [0.2, 0.25) is 0 Å². The molecule has 1 fully saturated rings. The van der Waals surface area contributed by atoms with Crippen molar-refractivity contribution in [3.05, 3.63) is 29.8 Å². The average molecular weight is 310 g/mol. The Morgan fingerprint density at radius 2 is 1.71 bits per heavy atom. The van der Waals surface area contributed by atoms with Crippen molar-refractivity contribution in [2.75, 3.05) is 25.4 Å². The predicted molar refractivity (Wildman–Crippen MR) is 85.8 cm³/mol. The number of hydrogen-bond acceptors (Lipinski definition) is 4. The number of likely N-dealkylation sites (tertiary alicyclic amines) is 1. The van der Waals surface area contributed by atoms with Crippen LogP contribution in [0.25, 0.3) is 0 Å². The van der Waals surface area contributed by atoms with Gasteiger partial charge in [0.05, 0.1) is 10.6 Å². The molecule has 1 heterocycles. The van der Waals surface area contributed by atoms with Crippen molar-refractivity contribution < 1.29 is 8.42 Å². The minimum absolute atomic E-state index is 0.189. The number of nitrogens with two attached hydrogens (primary N) is 1. The van der Waals surface area contributed by atoms with Crippen LogP contribution < -0.4 is 5.73 Å². The van der Waals surface area contributed by atoms with Gasteiger partial charge in [-0.15, -0.1) is 0 Å². The minimum Gasteiger partial charge on any atom is -0.326 e. The van der Waals surface area contributed by atoms with Crippen LogP contribution in [0, 0.1) is 11.8 Å². The number of nitrogens with zero attached hydrogens (tertiary/aromatic N) is 1. The zero-order valence-electron chi connectivity index (χ0n) is 13.0. The van der Waals surface area contributed by atoms with Crippen LogP contribution >= 0.6 is 0 Å². The summed E-state index contributed by atoms with van der Waals surface area (Å²) in [7, 11) is -3.20. The molecule has 118 valence electrons. The maximum atomic E-state index is 12.4. The Bertz CT molecular complexity index is 544. The molecule has 0 radical (unpaired) electrons. The first-order chi connectivity index (χ1) is 9.90. The van der Waals surface area contributed by atoms with Crippen molar-refractivity contribution in [1.29, 1.82) is 0 Å². The number of benzene rings is 1. The molecule has 4 nitrogen and oxygen atoms in total. The molecule has 1 saturated heterocycles. The number of rotatable bonds is 5. The van der Waals surface area contributed by atoms with Crippen LogP contribution in [0.5, 0.6) is 0 Å². The molecule has 1 aliphatic rings. The lowest BCUT2D eigenvalue weighted by Crippen LogP contribution is -2.41. The third-order valence-electron chi connectivity index (χ3n) is 4.14. The molecule has 0 saturated carbocycles. The Morgan fingerprint density at radius 3 is 2.24 bits per heavy atom. The lowest BCUT2D eigenvalue weighted by Gasteiger charge is -2.34. The van der Waals surface area contributed by atoms with Crippen molar-refractivity contribution in [2.24, 2.45) is 17.6 Å². The molecule has 21 heavy (non-hydrogen) atoms. The van der Waals surface area contributed by atoms with Crippen LogP contribution in [0.2, 0.25) is 0 Å². The smallest absolute Gasteiger partial charge is 0.179 e. The summed E-state index contributed by atoms with van der Waals surface area (Å²) in [4.78, 5) is 2.68. The molecule has 5 heteroatoms. The molecule has 2 rings (SSSR count). The van der Waals surface area contributed by atoms with E-state index in [0.29, 0.717) is 29.8 Å². The maximum absolute atomic E-state index is 12.4. The first-order valence-electron chi connectivity index (χ1n) is 7.65. The van der Waals surface area contributed by atoms with Gasteiger partial charge in [-0.1, -0.05) is 26.0 Å². The summed E-state index contributed by atoms with van der Waals surface area (Å²) in [6, 6.07) is 6.91. The Hall–Kier alpha value is -0.910. The highest BCUT2D eigenvalue weighted by molar-refractivity contribution is 7.91. The van der Waals surface area contributed by atoms with Gasteiger partial charge in [0.25, 0.3) is 0 Å². The van der Waals surface area contributed by atoms with Gasteiger partial charge in [-0.05, 0) is 36.0 Å². The van der Waals surface area contributed by atoms with Gasteiger partial charge in [-0.25, -0.2) is 8.42 Å². The highest BCUT2D eigenvalue weighted by Gasteiger charge is 2.23. The molecule has 0 aromatic heterocycles. The van der Waals surface area contributed by atoms with Crippen molar-refractivity contribution in [3.8, 4) is 0 Å². The van der Waals surface area contributed by atoms with E-state index in [4.69, 9.17) is 5.73 Å². The predicted octanol–water partition coefficient (Wildman–Crippen LogP) is 1.90. The molecular formula is C16H26N2O2S. The van der Waals surface area contributed by atoms with Gasteiger partial charge in [-0.2, -0.15) is 0 Å². The lowest BCUT2D eigenvalue weighted by molar-refractivity contribution is 0.148. The molecule has 0 amide bonds. The van der Waals surface area contributed by atoms with E-state index in [1.165, 1.54) is 6.42 Å². The first-order valence-corrected chi connectivity index (χ1v) is 9.30. The Labute approximate surface area is 128 Å². The molecule has 2 unspecified atom stereocenters. The average Bonchev–Trinajstić information content (AvgIpc) is 2.44. The fourth-order valence-corrected chi connectivity index (χ4v) is 4.46. The van der Waals surface area contributed by atoms with Gasteiger partial charge in [0.15, 0.2) is 9.84 Å². The van der Waals surface area contributed by atoms with Crippen molar-refractivity contribution in [2.45, 2.75) is 31.7 Å². The fourth-order valence-electron chi connectivity index (χ4n) is 3.17. The van der Waals surface area contributed by atoms with Gasteiger partial charge in [0, 0.05) is 26.2 Å². The summed E-state index contributed by atoms with van der Waals surface area (Å²) >= 11 is 0. The van der Waals surface area contributed by atoms with E-state index in [1.54, 1.807) is 24.3 Å². The van der Waals surface area contributed by atoms with Gasteiger partial charge >= 0.3 is 0 Å². The SMILES string of the molecule is CC1CC(C)CN(CCS(=O)(=O)c2ccc(CN)cc2)C1. The van der Waals surface area contributed by atoms with Crippen molar-refractivity contribution in [1.82, 2.24) is 4.90 Å². The van der Waals surface area contributed by atoms with Crippen LogP contribution in [0.3, 0.4) is 0 Å². The second-order valence-electron chi connectivity index (χ2n) is 6.37. The summed E-state index contributed by atoms with van der Waals surface area (Å²) in [5.74, 6) is 1.49. The van der Waals surface area contributed by atoms with Crippen LogP contribution in [0.4, 0.5) is 0 Å². The van der Waals surface area contributed by atoms with E-state index in [-0.39, 0.29) is 5.75 Å². The summed E-state index contributed by atoms with van der Waals surface area (Å²) < 4.78 is 24.8. The number of hydrogen-bond donors (Lipinski definition) is 1. The molecule has 1 aliphatic heterocycles. The van der Waals surface area contributed by atoms with E-state index >= 15 is 0 Å². The van der Waals surface area contributed by atoms with Crippen molar-refractivity contribution >= 4 is 9.84 Å². The summed E-state index contributed by atoms with van der Waals surface area (Å²) in [6.07, 6.45) is 1.24. The van der Waals surface area contributed by atoms with Crippen LogP contribution in [0.15, 0.2) is 29.2 Å². The number of sulfone groups is 1. The highest BCUT2D eigenvalue weighted by atomic mass is 32.2. The third kappa shape index (κ3) is 4.53. The van der Waals surface area contributed by atoms with Crippen LogP contribution in [-0.4, -0.2) is 38.7 Å². The maximum Gasteiger partial charge on any atom is 0.179 e. The van der Waals surface area contributed by atoms with Crippen molar-refractivity contribution in [3.63, 3.8) is 0 Å². The van der Waals surface area contributed by atoms with Gasteiger partial charge in [-0.3, -0.25) is 0 Å². The fraction of sp³-hybridized carbons (Fsp3) is 0.625. The van der Waals surface area contributed by atoms with E-state index in [9.17, 15) is 8.42 Å². The second-order valence-corrected chi connectivity index (χ2v) is 8.48. The Balaban J connectivity index is 1.97. The summed E-state index contributed by atoms with van der Waals surface area (Å²) in [5, 5.41) is 0. The molecule has 2 atom stereocenters. The van der Waals surface area contributed by atoms with E-state index in [0.717, 1.165) is 18.7 Å². The second kappa shape index (κ2) is 6.90. The van der Waals surface area contributed by atoms with E-state index < -0.39 is 9.84 Å². The summed E-state index contributed by atoms with van der Waals surface area (Å²) in [6.45, 7) is 7.54. The lowest BCUT2D eigenvalue weighted by atomic mass is 9.92. The molecule has 1 aromatic rings. The topological polar surface area (TPSA) is 63.4 Å². The standard InChI is InChI=1S/C16H26N2O2S/c1-13-9-14(2)12-18(11-13)7-8-21(19,20)16-5-3-15(10-17)4-6-16/h3-6,13-14H,7-12,17H2,1-2H3. The van der Waals surface area contributed by atoms with E-state index in [2.05, 4.69) is 18.7 Å². The quantitative estimate of drug-likeness (QED) is 0.902. The van der Waals surface area contributed by atoms with E-state index in [1.807, 2.05) is 0 Å². The summed E-state index contributed by atoms with van der Waals surface area (Å²) in [5.41, 5.74) is 6.49. The largest absolute Gasteiger partial charge is 0.326 e. The molecule has 0 spiro atoms. The normalized spacial score (nSPS) is 24.1. The van der Waals surface area contributed by atoms with Crippen LogP contribution in [-0.2, 0) is 16.4 Å². The molecule has 0 aliphatic carbocycles. The molecule has 0 bridgehead atoms. The van der Waals surface area contributed by atoms with Gasteiger partial charge in [0.1, 0.15) is 0 Å². The zero-order valence-corrected chi connectivity index (χ0v) is 13.8. The number of piperidine rings is 1. The molecule has 2 N–H and O–H groups in total. The monoisotopic (exact) mass is 310 g/mol. The Morgan fingerprint density at radius 1 is 1.14 bits per heavy atom. The molecular weight excluding hydrogens is 284 g/mol. The zero-order chi connectivity index (χ0) is 15.5. The highest BCUT2D eigenvalue weighted by Crippen LogP contribution is 2.21.